The molecule has 1 rings (SSSR count). The number of rotatable bonds is 5. The summed E-state index contributed by atoms with van der Waals surface area (Å²) in [5.74, 6) is -2.68. The van der Waals surface area contributed by atoms with Crippen LogP contribution >= 0.6 is 0 Å². The lowest BCUT2D eigenvalue weighted by Gasteiger charge is -2.14. The molecule has 0 saturated heterocycles. The first-order valence-corrected chi connectivity index (χ1v) is 4.41. The fraction of sp³-hybridized carbons (Fsp3) is 0.200. The van der Waals surface area contributed by atoms with E-state index < -0.39 is 30.1 Å². The van der Waals surface area contributed by atoms with E-state index in [1.54, 1.807) is 0 Å². The van der Waals surface area contributed by atoms with E-state index in [0.29, 0.717) is 0 Å². The van der Waals surface area contributed by atoms with Gasteiger partial charge in [0, 0.05) is 5.56 Å². The predicted molar refractivity (Wildman–Crippen MR) is 50.6 cm³/mol. The van der Waals surface area contributed by atoms with Crippen LogP contribution in [-0.4, -0.2) is 17.5 Å². The van der Waals surface area contributed by atoms with Crippen molar-refractivity contribution in [1.82, 2.24) is 5.32 Å². The largest absolute Gasteiger partial charge is 0.481 e. The van der Waals surface area contributed by atoms with Crippen molar-refractivity contribution in [2.24, 2.45) is 0 Å². The summed E-state index contributed by atoms with van der Waals surface area (Å²) in [6.07, 6.45) is -0.267. The Morgan fingerprint density at radius 2 is 2.19 bits per heavy atom. The van der Waals surface area contributed by atoms with Crippen molar-refractivity contribution in [3.63, 3.8) is 0 Å². The zero-order valence-electron chi connectivity index (χ0n) is 8.11. The van der Waals surface area contributed by atoms with Crippen molar-refractivity contribution in [2.75, 3.05) is 0 Å². The van der Waals surface area contributed by atoms with E-state index >= 15 is 0 Å². The summed E-state index contributed by atoms with van der Waals surface area (Å²) in [6, 6.07) is 1.58. The summed E-state index contributed by atoms with van der Waals surface area (Å²) in [4.78, 5) is 20.7. The van der Waals surface area contributed by atoms with Gasteiger partial charge in [0.1, 0.15) is 11.6 Å². The van der Waals surface area contributed by atoms with Gasteiger partial charge in [0.15, 0.2) is 0 Å². The van der Waals surface area contributed by atoms with Crippen molar-refractivity contribution in [2.45, 2.75) is 12.5 Å². The van der Waals surface area contributed by atoms with E-state index in [1.165, 1.54) is 0 Å². The second-order valence-corrected chi connectivity index (χ2v) is 3.10. The molecule has 0 saturated carbocycles. The predicted octanol–water partition coefficient (Wildman–Crippen LogP) is 1.23. The molecule has 0 aromatic heterocycles. The summed E-state index contributed by atoms with van der Waals surface area (Å²) >= 11 is 0. The number of carbonyl (C=O) groups excluding carboxylic acids is 1. The third-order valence-electron chi connectivity index (χ3n) is 1.98. The maximum absolute atomic E-state index is 13.3. The van der Waals surface area contributed by atoms with Gasteiger partial charge in [-0.1, -0.05) is 0 Å². The van der Waals surface area contributed by atoms with E-state index in [2.05, 4.69) is 5.32 Å². The molecular formula is C10H9F2NO3. The van der Waals surface area contributed by atoms with Gasteiger partial charge in [-0.2, -0.15) is 0 Å². The molecule has 1 aromatic carbocycles. The molecule has 0 radical (unpaired) electrons. The molecular weight excluding hydrogens is 220 g/mol. The quantitative estimate of drug-likeness (QED) is 0.746. The fourth-order valence-electron chi connectivity index (χ4n) is 1.30. The molecule has 4 nitrogen and oxygen atoms in total. The molecule has 1 aromatic rings. The number of amides is 1. The molecule has 0 spiro atoms. The Morgan fingerprint density at radius 3 is 2.75 bits per heavy atom. The van der Waals surface area contributed by atoms with Crippen molar-refractivity contribution in [1.29, 1.82) is 0 Å². The molecule has 0 unspecified atom stereocenters. The molecule has 86 valence electrons. The summed E-state index contributed by atoms with van der Waals surface area (Å²) in [5.41, 5.74) is -0.186. The number of nitrogens with one attached hydrogen (secondary N) is 1. The van der Waals surface area contributed by atoms with Crippen LogP contribution in [0.5, 0.6) is 0 Å². The summed E-state index contributed by atoms with van der Waals surface area (Å²) < 4.78 is 26.1. The van der Waals surface area contributed by atoms with E-state index in [9.17, 15) is 18.4 Å². The van der Waals surface area contributed by atoms with Crippen molar-refractivity contribution >= 4 is 12.4 Å². The molecule has 0 aliphatic carbocycles. The highest BCUT2D eigenvalue weighted by molar-refractivity contribution is 5.68. The van der Waals surface area contributed by atoms with Crippen LogP contribution < -0.4 is 5.32 Å². The maximum atomic E-state index is 13.3. The van der Waals surface area contributed by atoms with Gasteiger partial charge in [-0.25, -0.2) is 8.78 Å². The van der Waals surface area contributed by atoms with Gasteiger partial charge in [-0.05, 0) is 18.2 Å². The van der Waals surface area contributed by atoms with Crippen molar-refractivity contribution < 1.29 is 23.5 Å². The molecule has 0 fully saturated rings. The molecule has 16 heavy (non-hydrogen) atoms. The van der Waals surface area contributed by atoms with Crippen LogP contribution in [-0.2, 0) is 9.59 Å². The molecule has 6 heteroatoms. The van der Waals surface area contributed by atoms with E-state index in [4.69, 9.17) is 5.11 Å². The third-order valence-corrected chi connectivity index (χ3v) is 1.98. The average molecular weight is 229 g/mol. The van der Waals surface area contributed by atoms with Crippen LogP contribution in [0.4, 0.5) is 8.78 Å². The number of aliphatic carboxylic acids is 1. The van der Waals surface area contributed by atoms with E-state index in [1.807, 2.05) is 0 Å². The SMILES string of the molecule is O=CN[C@@H](CC(=O)O)c1cc(F)ccc1F. The van der Waals surface area contributed by atoms with Crippen molar-refractivity contribution in [3.8, 4) is 0 Å². The lowest BCUT2D eigenvalue weighted by Crippen LogP contribution is -2.23. The topological polar surface area (TPSA) is 66.4 Å². The molecule has 0 bridgehead atoms. The maximum Gasteiger partial charge on any atom is 0.305 e. The Bertz CT molecular complexity index is 409. The van der Waals surface area contributed by atoms with Crippen LogP contribution in [0.2, 0.25) is 0 Å². The number of halogens is 2. The molecule has 0 aliphatic heterocycles. The van der Waals surface area contributed by atoms with Crippen LogP contribution in [0, 0.1) is 11.6 Å². The van der Waals surface area contributed by atoms with E-state index in [0.717, 1.165) is 18.2 Å². The highest BCUT2D eigenvalue weighted by atomic mass is 19.1. The molecule has 2 N–H and O–H groups in total. The first-order valence-electron chi connectivity index (χ1n) is 4.41. The second kappa shape index (κ2) is 5.20. The molecule has 0 aliphatic rings. The van der Waals surface area contributed by atoms with Gasteiger partial charge in [0.25, 0.3) is 0 Å². The summed E-state index contributed by atoms with van der Waals surface area (Å²) in [5, 5.41) is 10.7. The number of carbonyl (C=O) groups is 2. The number of carboxylic acids is 1. The minimum atomic E-state index is -1.22. The number of carboxylic acid groups (broad SMARTS) is 1. The lowest BCUT2D eigenvalue weighted by molar-refractivity contribution is -0.137. The molecule has 1 amide bonds. The molecule has 1 atom stereocenters. The van der Waals surface area contributed by atoms with Crippen molar-refractivity contribution in [3.05, 3.63) is 35.4 Å². The first kappa shape index (κ1) is 12.1. The molecule has 0 heterocycles. The third kappa shape index (κ3) is 3.01. The number of hydrogen-bond acceptors (Lipinski definition) is 2. The Labute approximate surface area is 89.9 Å². The van der Waals surface area contributed by atoms with Gasteiger partial charge in [0.05, 0.1) is 12.5 Å². The highest BCUT2D eigenvalue weighted by Gasteiger charge is 2.18. The highest BCUT2D eigenvalue weighted by Crippen LogP contribution is 2.20. The van der Waals surface area contributed by atoms with Gasteiger partial charge < -0.3 is 10.4 Å². The Hall–Kier alpha value is -1.98. The second-order valence-electron chi connectivity index (χ2n) is 3.10. The zero-order valence-corrected chi connectivity index (χ0v) is 8.11. The lowest BCUT2D eigenvalue weighted by atomic mass is 10.0. The van der Waals surface area contributed by atoms with Gasteiger partial charge in [-0.15, -0.1) is 0 Å². The minimum Gasteiger partial charge on any atom is -0.481 e. The smallest absolute Gasteiger partial charge is 0.305 e. The summed E-state index contributed by atoms with van der Waals surface area (Å²) in [7, 11) is 0. The monoisotopic (exact) mass is 229 g/mol. The van der Waals surface area contributed by atoms with Gasteiger partial charge in [0.2, 0.25) is 6.41 Å². The van der Waals surface area contributed by atoms with Crippen LogP contribution in [0.1, 0.15) is 18.0 Å². The number of hydrogen-bond donors (Lipinski definition) is 2. The normalized spacial score (nSPS) is 11.9. The van der Waals surface area contributed by atoms with E-state index in [-0.39, 0.29) is 12.0 Å². The van der Waals surface area contributed by atoms with Crippen LogP contribution in [0.15, 0.2) is 18.2 Å². The van der Waals surface area contributed by atoms with Crippen LogP contribution in [0.3, 0.4) is 0 Å². The summed E-state index contributed by atoms with van der Waals surface area (Å²) in [6.45, 7) is 0. The van der Waals surface area contributed by atoms with Crippen LogP contribution in [0.25, 0.3) is 0 Å². The Morgan fingerprint density at radius 1 is 1.50 bits per heavy atom. The standard InChI is InChI=1S/C10H9F2NO3/c11-6-1-2-8(12)7(3-6)9(13-5-14)4-10(15)16/h1-3,5,9H,4H2,(H,13,14)(H,15,16)/t9-/m0/s1. The average Bonchev–Trinajstić information content (AvgIpc) is 2.20. The first-order chi connectivity index (χ1) is 7.54. The fourth-order valence-corrected chi connectivity index (χ4v) is 1.30. The Kier molecular flexibility index (Phi) is 3.93. The van der Waals surface area contributed by atoms with Gasteiger partial charge in [-0.3, -0.25) is 9.59 Å². The van der Waals surface area contributed by atoms with Gasteiger partial charge >= 0.3 is 5.97 Å². The minimum absolute atomic E-state index is 0.186. The zero-order chi connectivity index (χ0) is 12.1. The Balaban J connectivity index is 3.03. The number of benzene rings is 1.